The lowest BCUT2D eigenvalue weighted by atomic mass is 10.2. The van der Waals surface area contributed by atoms with Crippen molar-refractivity contribution in [2.24, 2.45) is 4.99 Å². The number of hydrogen-bond acceptors (Lipinski definition) is 4. The molecule has 0 radical (unpaired) electrons. The first kappa shape index (κ1) is 22.0. The second-order valence-electron chi connectivity index (χ2n) is 7.29. The van der Waals surface area contributed by atoms with Crippen molar-refractivity contribution >= 4 is 41.7 Å². The summed E-state index contributed by atoms with van der Waals surface area (Å²) in [5, 5.41) is 7.96. The van der Waals surface area contributed by atoms with Crippen LogP contribution in [0, 0.1) is 13.8 Å². The van der Waals surface area contributed by atoms with Crippen molar-refractivity contribution in [1.82, 2.24) is 25.0 Å². The number of aromatic nitrogens is 3. The Morgan fingerprint density at radius 1 is 1.33 bits per heavy atom. The summed E-state index contributed by atoms with van der Waals surface area (Å²) in [5.74, 6) is 2.94. The molecule has 148 valence electrons. The zero-order valence-electron chi connectivity index (χ0n) is 16.7. The molecule has 27 heavy (non-hydrogen) atoms. The maximum Gasteiger partial charge on any atom is 0.193 e. The van der Waals surface area contributed by atoms with E-state index in [1.165, 1.54) is 0 Å². The predicted octanol–water partition coefficient (Wildman–Crippen LogP) is 3.40. The molecule has 0 saturated carbocycles. The van der Waals surface area contributed by atoms with Crippen molar-refractivity contribution in [3.05, 3.63) is 41.3 Å². The van der Waals surface area contributed by atoms with Gasteiger partial charge < -0.3 is 10.2 Å². The van der Waals surface area contributed by atoms with Crippen LogP contribution in [0.25, 0.3) is 5.82 Å². The molecule has 8 heteroatoms. The summed E-state index contributed by atoms with van der Waals surface area (Å²) in [6.07, 6.45) is 1.90. The Bertz CT molecular complexity index is 784. The van der Waals surface area contributed by atoms with Gasteiger partial charge in [-0.3, -0.25) is 4.99 Å². The zero-order valence-corrected chi connectivity index (χ0v) is 19.8. The topological polar surface area (TPSA) is 58.3 Å². The summed E-state index contributed by atoms with van der Waals surface area (Å²) >= 11 is 2.03. The van der Waals surface area contributed by atoms with Gasteiger partial charge in [-0.25, -0.2) is 9.67 Å². The van der Waals surface area contributed by atoms with Gasteiger partial charge in [0.15, 0.2) is 11.8 Å². The minimum absolute atomic E-state index is 0. The maximum absolute atomic E-state index is 4.57. The van der Waals surface area contributed by atoms with Crippen LogP contribution >= 0.6 is 35.7 Å². The van der Waals surface area contributed by atoms with E-state index in [0.717, 1.165) is 47.6 Å². The molecule has 0 aromatic carbocycles. The van der Waals surface area contributed by atoms with Crippen LogP contribution in [0.4, 0.5) is 0 Å². The molecule has 2 aromatic heterocycles. The molecule has 3 rings (SSSR count). The third-order valence-electron chi connectivity index (χ3n) is 4.42. The Hall–Kier alpha value is -1.29. The average molecular weight is 500 g/mol. The minimum atomic E-state index is 0. The lowest BCUT2D eigenvalue weighted by molar-refractivity contribution is 0.375. The number of nitrogens with one attached hydrogen (secondary N) is 1. The zero-order chi connectivity index (χ0) is 18.7. The molecule has 3 heterocycles. The number of aryl methyl sites for hydroxylation is 2. The third-order valence-corrected chi connectivity index (χ3v) is 5.72. The van der Waals surface area contributed by atoms with E-state index >= 15 is 0 Å². The second kappa shape index (κ2) is 9.27. The number of hydrogen-bond donors (Lipinski definition) is 1. The van der Waals surface area contributed by atoms with Crippen LogP contribution in [-0.2, 0) is 6.54 Å². The SMILES string of the molecule is CN=C(NCc1ccc(-n2nc(C)cc2C)nc1)N1CCSC(C)(C)C1.I. The van der Waals surface area contributed by atoms with Crippen molar-refractivity contribution in [2.45, 2.75) is 39.0 Å². The molecule has 0 atom stereocenters. The van der Waals surface area contributed by atoms with Crippen molar-refractivity contribution < 1.29 is 0 Å². The molecule has 0 unspecified atom stereocenters. The normalized spacial score (nSPS) is 16.8. The molecular formula is C19H29IN6S. The molecule has 0 spiro atoms. The minimum Gasteiger partial charge on any atom is -0.352 e. The summed E-state index contributed by atoms with van der Waals surface area (Å²) in [6.45, 7) is 11.4. The van der Waals surface area contributed by atoms with E-state index in [1.54, 1.807) is 0 Å². The number of rotatable bonds is 3. The van der Waals surface area contributed by atoms with E-state index in [-0.39, 0.29) is 28.7 Å². The van der Waals surface area contributed by atoms with E-state index in [4.69, 9.17) is 0 Å². The van der Waals surface area contributed by atoms with Gasteiger partial charge in [-0.1, -0.05) is 6.07 Å². The fraction of sp³-hybridized carbons (Fsp3) is 0.526. The van der Waals surface area contributed by atoms with Gasteiger partial charge in [0.2, 0.25) is 0 Å². The molecule has 6 nitrogen and oxygen atoms in total. The Morgan fingerprint density at radius 3 is 2.67 bits per heavy atom. The molecule has 0 aliphatic carbocycles. The summed E-state index contributed by atoms with van der Waals surface area (Å²) in [7, 11) is 1.85. The predicted molar refractivity (Wildman–Crippen MR) is 125 cm³/mol. The number of halogens is 1. The summed E-state index contributed by atoms with van der Waals surface area (Å²) in [6, 6.07) is 6.16. The molecule has 1 saturated heterocycles. The Labute approximate surface area is 183 Å². The van der Waals surface area contributed by atoms with Crippen LogP contribution in [0.3, 0.4) is 0 Å². The van der Waals surface area contributed by atoms with E-state index in [0.29, 0.717) is 6.54 Å². The molecular weight excluding hydrogens is 471 g/mol. The second-order valence-corrected chi connectivity index (χ2v) is 9.10. The van der Waals surface area contributed by atoms with Crippen LogP contribution < -0.4 is 5.32 Å². The van der Waals surface area contributed by atoms with Gasteiger partial charge in [-0.05, 0) is 45.4 Å². The van der Waals surface area contributed by atoms with Crippen molar-refractivity contribution in [1.29, 1.82) is 0 Å². The van der Waals surface area contributed by atoms with Gasteiger partial charge in [0.05, 0.1) is 5.69 Å². The summed E-state index contributed by atoms with van der Waals surface area (Å²) < 4.78 is 2.14. The first-order chi connectivity index (χ1) is 12.4. The quantitative estimate of drug-likeness (QED) is 0.398. The van der Waals surface area contributed by atoms with Crippen molar-refractivity contribution in [2.75, 3.05) is 25.9 Å². The van der Waals surface area contributed by atoms with Crippen LogP contribution in [0.15, 0.2) is 29.4 Å². The van der Waals surface area contributed by atoms with Gasteiger partial charge in [-0.15, -0.1) is 24.0 Å². The highest BCUT2D eigenvalue weighted by Gasteiger charge is 2.28. The fourth-order valence-corrected chi connectivity index (χ4v) is 4.33. The van der Waals surface area contributed by atoms with Crippen molar-refractivity contribution in [3.63, 3.8) is 0 Å². The van der Waals surface area contributed by atoms with Gasteiger partial charge in [-0.2, -0.15) is 16.9 Å². The molecule has 1 N–H and O–H groups in total. The van der Waals surface area contributed by atoms with E-state index in [1.807, 2.05) is 49.6 Å². The summed E-state index contributed by atoms with van der Waals surface area (Å²) in [5.41, 5.74) is 3.22. The Kier molecular flexibility index (Phi) is 7.55. The number of nitrogens with zero attached hydrogens (tertiary/aromatic N) is 5. The Morgan fingerprint density at radius 2 is 2.11 bits per heavy atom. The fourth-order valence-electron chi connectivity index (χ4n) is 3.22. The maximum atomic E-state index is 4.57. The van der Waals surface area contributed by atoms with E-state index in [9.17, 15) is 0 Å². The van der Waals surface area contributed by atoms with Gasteiger partial charge >= 0.3 is 0 Å². The highest BCUT2D eigenvalue weighted by Crippen LogP contribution is 2.29. The standard InChI is InChI=1S/C19H28N6S.HI/c1-14-10-15(2)25(23-14)17-7-6-16(11-21-17)12-22-18(20-5)24-8-9-26-19(3,4)13-24;/h6-7,10-11H,8-9,12-13H2,1-5H3,(H,20,22);1H. The van der Waals surface area contributed by atoms with Gasteiger partial charge in [0.1, 0.15) is 0 Å². The Balaban J connectivity index is 0.00000261. The first-order valence-electron chi connectivity index (χ1n) is 8.96. The largest absolute Gasteiger partial charge is 0.352 e. The van der Waals surface area contributed by atoms with Gasteiger partial charge in [0.25, 0.3) is 0 Å². The molecule has 0 amide bonds. The van der Waals surface area contributed by atoms with Gasteiger partial charge in [0, 0.05) is 49.1 Å². The highest BCUT2D eigenvalue weighted by molar-refractivity contribution is 14.0. The average Bonchev–Trinajstić information content (AvgIpc) is 2.93. The summed E-state index contributed by atoms with van der Waals surface area (Å²) in [4.78, 5) is 11.4. The molecule has 0 bridgehead atoms. The number of guanidine groups is 1. The number of pyridine rings is 1. The van der Waals surface area contributed by atoms with Crippen LogP contribution in [0.2, 0.25) is 0 Å². The molecule has 1 aliphatic rings. The van der Waals surface area contributed by atoms with E-state index in [2.05, 4.69) is 51.3 Å². The first-order valence-corrected chi connectivity index (χ1v) is 9.95. The molecule has 2 aromatic rings. The van der Waals surface area contributed by atoms with Crippen molar-refractivity contribution in [3.8, 4) is 5.82 Å². The number of thioether (sulfide) groups is 1. The van der Waals surface area contributed by atoms with Crippen LogP contribution in [0.5, 0.6) is 0 Å². The van der Waals surface area contributed by atoms with Crippen LogP contribution in [0.1, 0.15) is 30.8 Å². The highest BCUT2D eigenvalue weighted by atomic mass is 127. The third kappa shape index (κ3) is 5.60. The lowest BCUT2D eigenvalue weighted by Crippen LogP contribution is -2.50. The van der Waals surface area contributed by atoms with Crippen LogP contribution in [-0.4, -0.2) is 56.3 Å². The monoisotopic (exact) mass is 500 g/mol. The molecule has 1 aliphatic heterocycles. The number of aliphatic imine (C=N–C) groups is 1. The lowest BCUT2D eigenvalue weighted by Gasteiger charge is -2.39. The smallest absolute Gasteiger partial charge is 0.193 e. The molecule has 1 fully saturated rings. The van der Waals surface area contributed by atoms with E-state index < -0.39 is 0 Å².